The van der Waals surface area contributed by atoms with Crippen LogP contribution in [0.25, 0.3) is 0 Å². The highest BCUT2D eigenvalue weighted by Gasteiger charge is 2.23. The molecule has 1 aliphatic rings. The zero-order valence-corrected chi connectivity index (χ0v) is 15.1. The molecule has 0 amide bonds. The van der Waals surface area contributed by atoms with Crippen LogP contribution in [0.3, 0.4) is 0 Å². The van der Waals surface area contributed by atoms with Gasteiger partial charge >= 0.3 is 0 Å². The van der Waals surface area contributed by atoms with E-state index in [0.717, 1.165) is 31.9 Å². The predicted octanol–water partition coefficient (Wildman–Crippen LogP) is 4.16. The summed E-state index contributed by atoms with van der Waals surface area (Å²) in [7, 11) is 0. The van der Waals surface area contributed by atoms with Crippen molar-refractivity contribution in [1.29, 1.82) is 0 Å². The molecule has 3 nitrogen and oxygen atoms in total. The number of aromatic nitrogens is 2. The third kappa shape index (κ3) is 3.52. The van der Waals surface area contributed by atoms with Gasteiger partial charge in [-0.25, -0.2) is 9.97 Å². The molecular weight excluding hydrogens is 346 g/mol. The topological polar surface area (TPSA) is 29.0 Å². The van der Waals surface area contributed by atoms with E-state index in [4.69, 9.17) is 4.98 Å². The summed E-state index contributed by atoms with van der Waals surface area (Å²) >= 11 is 5.33. The minimum Gasteiger partial charge on any atom is -0.293 e. The van der Waals surface area contributed by atoms with Crippen LogP contribution in [0.4, 0.5) is 0 Å². The van der Waals surface area contributed by atoms with Gasteiger partial charge in [0, 0.05) is 63.7 Å². The van der Waals surface area contributed by atoms with Crippen molar-refractivity contribution in [1.82, 2.24) is 14.9 Å². The maximum absolute atomic E-state index is 4.79. The number of fused-ring (bicyclic) bond motifs is 1. The fourth-order valence-corrected chi connectivity index (χ4v) is 4.02. The molecule has 0 unspecified atom stereocenters. The number of nitrogens with zero attached hydrogens (tertiary/aromatic N) is 3. The van der Waals surface area contributed by atoms with Gasteiger partial charge < -0.3 is 0 Å². The molecule has 2 aromatic heterocycles. The SMILES string of the molecule is CC(C)(C)c1ncc2c(n1)CCN(Cc1cc(Br)cs1)C2. The zero-order valence-electron chi connectivity index (χ0n) is 12.7. The van der Waals surface area contributed by atoms with E-state index in [1.165, 1.54) is 20.6 Å². The van der Waals surface area contributed by atoms with Crippen LogP contribution in [-0.4, -0.2) is 21.4 Å². The Hall–Kier alpha value is -0.780. The van der Waals surface area contributed by atoms with Crippen LogP contribution in [0, 0.1) is 0 Å². The number of halogens is 1. The molecule has 0 spiro atoms. The highest BCUT2D eigenvalue weighted by atomic mass is 79.9. The van der Waals surface area contributed by atoms with Crippen LogP contribution >= 0.6 is 27.3 Å². The first-order valence-electron chi connectivity index (χ1n) is 7.22. The molecule has 0 bridgehead atoms. The molecule has 0 N–H and O–H groups in total. The van der Waals surface area contributed by atoms with Crippen molar-refractivity contribution in [2.45, 2.75) is 45.7 Å². The average molecular weight is 366 g/mol. The van der Waals surface area contributed by atoms with Gasteiger partial charge in [0.15, 0.2) is 0 Å². The lowest BCUT2D eigenvalue weighted by atomic mass is 9.95. The molecule has 0 atom stereocenters. The van der Waals surface area contributed by atoms with Gasteiger partial charge in [0.2, 0.25) is 0 Å². The van der Waals surface area contributed by atoms with Crippen molar-refractivity contribution < 1.29 is 0 Å². The molecule has 0 fully saturated rings. The molecule has 21 heavy (non-hydrogen) atoms. The molecular formula is C16H20BrN3S. The Bertz CT molecular complexity index is 645. The molecule has 1 aliphatic heterocycles. The smallest absolute Gasteiger partial charge is 0.133 e. The van der Waals surface area contributed by atoms with Gasteiger partial charge in [0.1, 0.15) is 5.82 Å². The number of thiophene rings is 1. The normalized spacial score (nSPS) is 16.0. The van der Waals surface area contributed by atoms with Crippen LogP contribution in [0.1, 0.15) is 42.7 Å². The predicted molar refractivity (Wildman–Crippen MR) is 90.6 cm³/mol. The standard InChI is InChI=1S/C16H20BrN3S/c1-16(2,3)15-18-7-11-8-20(5-4-14(11)19-15)9-13-6-12(17)10-21-13/h6-7,10H,4-5,8-9H2,1-3H3. The lowest BCUT2D eigenvalue weighted by molar-refractivity contribution is 0.244. The van der Waals surface area contributed by atoms with Crippen molar-refractivity contribution in [3.05, 3.63) is 44.1 Å². The van der Waals surface area contributed by atoms with Crippen LogP contribution in [-0.2, 0) is 24.9 Å². The fraction of sp³-hybridized carbons (Fsp3) is 0.500. The van der Waals surface area contributed by atoms with Crippen molar-refractivity contribution >= 4 is 27.3 Å². The van der Waals surface area contributed by atoms with E-state index in [2.05, 4.69) is 58.0 Å². The summed E-state index contributed by atoms with van der Waals surface area (Å²) in [5.74, 6) is 0.955. The Morgan fingerprint density at radius 1 is 1.38 bits per heavy atom. The second-order valence-electron chi connectivity index (χ2n) is 6.61. The number of hydrogen-bond donors (Lipinski definition) is 0. The Kier molecular flexibility index (Phi) is 4.17. The van der Waals surface area contributed by atoms with Gasteiger partial charge in [-0.1, -0.05) is 20.8 Å². The van der Waals surface area contributed by atoms with E-state index >= 15 is 0 Å². The highest BCUT2D eigenvalue weighted by molar-refractivity contribution is 9.10. The molecule has 5 heteroatoms. The Morgan fingerprint density at radius 2 is 2.19 bits per heavy atom. The summed E-state index contributed by atoms with van der Waals surface area (Å²) in [4.78, 5) is 13.2. The van der Waals surface area contributed by atoms with Crippen molar-refractivity contribution in [2.75, 3.05) is 6.54 Å². The highest BCUT2D eigenvalue weighted by Crippen LogP contribution is 2.25. The van der Waals surface area contributed by atoms with E-state index in [-0.39, 0.29) is 5.41 Å². The van der Waals surface area contributed by atoms with Gasteiger partial charge in [0.25, 0.3) is 0 Å². The minimum atomic E-state index is 0.0232. The van der Waals surface area contributed by atoms with E-state index in [0.29, 0.717) is 0 Å². The second kappa shape index (κ2) is 5.78. The summed E-state index contributed by atoms with van der Waals surface area (Å²) in [5, 5.41) is 2.14. The average Bonchev–Trinajstić information content (AvgIpc) is 2.82. The van der Waals surface area contributed by atoms with Crippen molar-refractivity contribution in [3.63, 3.8) is 0 Å². The Morgan fingerprint density at radius 3 is 2.86 bits per heavy atom. The quantitative estimate of drug-likeness (QED) is 0.799. The van der Waals surface area contributed by atoms with Crippen molar-refractivity contribution in [2.24, 2.45) is 0 Å². The maximum atomic E-state index is 4.79. The molecule has 0 aliphatic carbocycles. The van der Waals surface area contributed by atoms with E-state index in [9.17, 15) is 0 Å². The summed E-state index contributed by atoms with van der Waals surface area (Å²) in [6.07, 6.45) is 3.05. The summed E-state index contributed by atoms with van der Waals surface area (Å²) in [5.41, 5.74) is 2.54. The summed E-state index contributed by atoms with van der Waals surface area (Å²) in [6.45, 7) is 9.53. The van der Waals surface area contributed by atoms with Crippen LogP contribution in [0.5, 0.6) is 0 Å². The molecule has 112 valence electrons. The van der Waals surface area contributed by atoms with Gasteiger partial charge in [0.05, 0.1) is 0 Å². The molecule has 0 aromatic carbocycles. The van der Waals surface area contributed by atoms with Crippen LogP contribution in [0.2, 0.25) is 0 Å². The van der Waals surface area contributed by atoms with Gasteiger partial charge in [-0.3, -0.25) is 4.90 Å². The first-order chi connectivity index (χ1) is 9.91. The fourth-order valence-electron chi connectivity index (χ4n) is 2.53. The molecule has 0 saturated heterocycles. The number of hydrogen-bond acceptors (Lipinski definition) is 4. The summed E-state index contributed by atoms with van der Waals surface area (Å²) in [6, 6.07) is 2.21. The van der Waals surface area contributed by atoms with E-state index < -0.39 is 0 Å². The molecule has 0 radical (unpaired) electrons. The zero-order chi connectivity index (χ0) is 15.0. The second-order valence-corrected chi connectivity index (χ2v) is 8.52. The molecule has 3 heterocycles. The third-order valence-corrected chi connectivity index (χ3v) is 5.37. The largest absolute Gasteiger partial charge is 0.293 e. The lowest BCUT2D eigenvalue weighted by Crippen LogP contribution is -2.31. The molecule has 3 rings (SSSR count). The third-order valence-electron chi connectivity index (χ3n) is 3.69. The maximum Gasteiger partial charge on any atom is 0.133 e. The van der Waals surface area contributed by atoms with Gasteiger partial charge in [-0.2, -0.15) is 0 Å². The Labute approximate surface area is 138 Å². The van der Waals surface area contributed by atoms with Crippen LogP contribution < -0.4 is 0 Å². The molecule has 0 saturated carbocycles. The first kappa shape index (κ1) is 15.1. The summed E-state index contributed by atoms with van der Waals surface area (Å²) < 4.78 is 1.18. The first-order valence-corrected chi connectivity index (χ1v) is 8.89. The monoisotopic (exact) mass is 365 g/mol. The van der Waals surface area contributed by atoms with Crippen LogP contribution in [0.15, 0.2) is 22.1 Å². The molecule has 2 aromatic rings. The Balaban J connectivity index is 1.74. The van der Waals surface area contributed by atoms with E-state index in [1.807, 2.05) is 17.5 Å². The number of rotatable bonds is 2. The van der Waals surface area contributed by atoms with E-state index in [1.54, 1.807) is 0 Å². The van der Waals surface area contributed by atoms with Gasteiger partial charge in [-0.05, 0) is 22.0 Å². The minimum absolute atomic E-state index is 0.0232. The lowest BCUT2D eigenvalue weighted by Gasteiger charge is -2.28. The van der Waals surface area contributed by atoms with Crippen molar-refractivity contribution in [3.8, 4) is 0 Å². The van der Waals surface area contributed by atoms with Gasteiger partial charge in [-0.15, -0.1) is 11.3 Å².